The van der Waals surface area contributed by atoms with E-state index in [1.165, 1.54) is 6.07 Å². The zero-order valence-electron chi connectivity index (χ0n) is 14.1. The summed E-state index contributed by atoms with van der Waals surface area (Å²) < 4.78 is 0. The molecule has 1 saturated heterocycles. The molecule has 4 nitrogen and oxygen atoms in total. The number of aryl methyl sites for hydroxylation is 1. The van der Waals surface area contributed by atoms with E-state index < -0.39 is 6.04 Å². The van der Waals surface area contributed by atoms with E-state index in [4.69, 9.17) is 34.8 Å². The van der Waals surface area contributed by atoms with Crippen molar-refractivity contribution in [3.8, 4) is 0 Å². The number of hydrogen-bond acceptors (Lipinski definition) is 2. The van der Waals surface area contributed by atoms with Gasteiger partial charge in [-0.15, -0.1) is 0 Å². The fraction of sp³-hybridized carbons (Fsp3) is 0.263. The van der Waals surface area contributed by atoms with Crippen LogP contribution in [0.3, 0.4) is 0 Å². The predicted molar refractivity (Wildman–Crippen MR) is 105 cm³/mol. The third-order valence-corrected chi connectivity index (χ3v) is 5.42. The van der Waals surface area contributed by atoms with Crippen molar-refractivity contribution < 1.29 is 9.59 Å². The van der Waals surface area contributed by atoms with Gasteiger partial charge >= 0.3 is 0 Å². The van der Waals surface area contributed by atoms with Crippen molar-refractivity contribution in [3.05, 3.63) is 62.6 Å². The van der Waals surface area contributed by atoms with Crippen LogP contribution in [0.15, 0.2) is 36.4 Å². The molecular formula is C19H17Cl3N2O2. The minimum Gasteiger partial charge on any atom is -0.327 e. The van der Waals surface area contributed by atoms with E-state index in [-0.39, 0.29) is 11.8 Å². The van der Waals surface area contributed by atoms with Gasteiger partial charge < -0.3 is 10.2 Å². The molecule has 1 aliphatic rings. The number of amides is 2. The third kappa shape index (κ3) is 3.98. The predicted octanol–water partition coefficient (Wildman–Crippen LogP) is 5.20. The summed E-state index contributed by atoms with van der Waals surface area (Å²) in [5.74, 6) is -0.488. The van der Waals surface area contributed by atoms with Crippen molar-refractivity contribution in [2.75, 3.05) is 11.9 Å². The van der Waals surface area contributed by atoms with Gasteiger partial charge in [0.1, 0.15) is 6.04 Å². The molecule has 2 aromatic carbocycles. The lowest BCUT2D eigenvalue weighted by Crippen LogP contribution is -2.43. The van der Waals surface area contributed by atoms with Crippen molar-refractivity contribution in [2.45, 2.75) is 25.8 Å². The van der Waals surface area contributed by atoms with E-state index in [1.54, 1.807) is 29.2 Å². The van der Waals surface area contributed by atoms with Crippen LogP contribution < -0.4 is 5.32 Å². The van der Waals surface area contributed by atoms with Crippen molar-refractivity contribution in [1.29, 1.82) is 0 Å². The number of nitrogens with zero attached hydrogens (tertiary/aromatic N) is 1. The van der Waals surface area contributed by atoms with Gasteiger partial charge in [-0.25, -0.2) is 0 Å². The quantitative estimate of drug-likeness (QED) is 0.755. The monoisotopic (exact) mass is 410 g/mol. The van der Waals surface area contributed by atoms with Gasteiger partial charge in [-0.3, -0.25) is 9.59 Å². The van der Waals surface area contributed by atoms with Crippen molar-refractivity contribution in [2.24, 2.45) is 0 Å². The van der Waals surface area contributed by atoms with E-state index in [1.807, 2.05) is 13.0 Å². The Hall–Kier alpha value is -1.75. The first-order valence-corrected chi connectivity index (χ1v) is 9.33. The van der Waals surface area contributed by atoms with E-state index >= 15 is 0 Å². The molecule has 136 valence electrons. The summed E-state index contributed by atoms with van der Waals surface area (Å²) in [6.45, 7) is 2.44. The maximum absolute atomic E-state index is 12.8. The van der Waals surface area contributed by atoms with Gasteiger partial charge in [0.05, 0.1) is 20.8 Å². The summed E-state index contributed by atoms with van der Waals surface area (Å²) in [6.07, 6.45) is 1.36. The lowest BCUT2D eigenvalue weighted by atomic mass is 10.1. The molecule has 1 aliphatic heterocycles. The second-order valence-corrected chi connectivity index (χ2v) is 7.48. The smallest absolute Gasteiger partial charge is 0.254 e. The van der Waals surface area contributed by atoms with Crippen LogP contribution in [0.1, 0.15) is 28.8 Å². The summed E-state index contributed by atoms with van der Waals surface area (Å²) in [5.41, 5.74) is 1.95. The SMILES string of the molecule is Cc1ccc(NC(=O)C2CCCN2C(=O)c2ccc(Cl)c(Cl)c2)c(Cl)c1. The molecule has 0 bridgehead atoms. The van der Waals surface area contributed by atoms with Crippen LogP contribution in [0.5, 0.6) is 0 Å². The highest BCUT2D eigenvalue weighted by molar-refractivity contribution is 6.42. The molecule has 0 saturated carbocycles. The van der Waals surface area contributed by atoms with Gasteiger partial charge in [-0.05, 0) is 55.7 Å². The molecule has 0 spiro atoms. The number of carbonyl (C=O) groups is 2. The van der Waals surface area contributed by atoms with Gasteiger partial charge in [0.25, 0.3) is 5.91 Å². The highest BCUT2D eigenvalue weighted by Gasteiger charge is 2.34. The fourth-order valence-corrected chi connectivity index (χ4v) is 3.60. The first-order valence-electron chi connectivity index (χ1n) is 8.20. The average Bonchev–Trinajstić information content (AvgIpc) is 3.09. The Bertz CT molecular complexity index is 870. The van der Waals surface area contributed by atoms with Crippen LogP contribution in [0.2, 0.25) is 15.1 Å². The van der Waals surface area contributed by atoms with Crippen LogP contribution in [0, 0.1) is 6.92 Å². The Morgan fingerprint density at radius 2 is 1.81 bits per heavy atom. The molecule has 0 aromatic heterocycles. The topological polar surface area (TPSA) is 49.4 Å². The molecule has 1 atom stereocenters. The highest BCUT2D eigenvalue weighted by atomic mass is 35.5. The lowest BCUT2D eigenvalue weighted by molar-refractivity contribution is -0.119. The fourth-order valence-electron chi connectivity index (χ4n) is 3.01. The van der Waals surface area contributed by atoms with Crippen molar-refractivity contribution in [1.82, 2.24) is 4.90 Å². The zero-order chi connectivity index (χ0) is 18.8. The molecule has 3 rings (SSSR count). The molecule has 2 amide bonds. The maximum atomic E-state index is 12.8. The highest BCUT2D eigenvalue weighted by Crippen LogP contribution is 2.28. The van der Waals surface area contributed by atoms with Crippen molar-refractivity contribution >= 4 is 52.3 Å². The van der Waals surface area contributed by atoms with Gasteiger partial charge in [0.15, 0.2) is 0 Å². The number of halogens is 3. The molecular weight excluding hydrogens is 395 g/mol. The second-order valence-electron chi connectivity index (χ2n) is 6.26. The number of rotatable bonds is 3. The molecule has 2 aromatic rings. The Kier molecular flexibility index (Phi) is 5.76. The van der Waals surface area contributed by atoms with Crippen LogP contribution in [-0.4, -0.2) is 29.3 Å². The Balaban J connectivity index is 1.77. The molecule has 7 heteroatoms. The zero-order valence-corrected chi connectivity index (χ0v) is 16.3. The largest absolute Gasteiger partial charge is 0.327 e. The maximum Gasteiger partial charge on any atom is 0.254 e. The first kappa shape index (κ1) is 19.0. The Morgan fingerprint density at radius 3 is 2.50 bits per heavy atom. The van der Waals surface area contributed by atoms with Crippen molar-refractivity contribution in [3.63, 3.8) is 0 Å². The molecule has 1 N–H and O–H groups in total. The molecule has 0 radical (unpaired) electrons. The Morgan fingerprint density at radius 1 is 1.04 bits per heavy atom. The van der Waals surface area contributed by atoms with E-state index in [9.17, 15) is 9.59 Å². The number of nitrogens with one attached hydrogen (secondary N) is 1. The minimum absolute atomic E-state index is 0.240. The summed E-state index contributed by atoms with van der Waals surface area (Å²) in [6, 6.07) is 9.58. The lowest BCUT2D eigenvalue weighted by Gasteiger charge is -2.24. The molecule has 1 unspecified atom stereocenters. The normalized spacial score (nSPS) is 16.6. The van der Waals surface area contributed by atoms with Gasteiger partial charge in [-0.1, -0.05) is 40.9 Å². The second kappa shape index (κ2) is 7.87. The minimum atomic E-state index is -0.547. The standard InChI is InChI=1S/C19H17Cl3N2O2/c1-11-4-7-16(15(22)9-11)23-18(25)17-3-2-8-24(17)19(26)12-5-6-13(20)14(21)10-12/h4-7,9-10,17H,2-3,8H2,1H3,(H,23,25). The van der Waals surface area contributed by atoms with Gasteiger partial charge in [-0.2, -0.15) is 0 Å². The molecule has 1 fully saturated rings. The van der Waals surface area contributed by atoms with Gasteiger partial charge in [0.2, 0.25) is 5.91 Å². The summed E-state index contributed by atoms with van der Waals surface area (Å²) in [4.78, 5) is 27.1. The van der Waals surface area contributed by atoms with Crippen LogP contribution >= 0.6 is 34.8 Å². The summed E-state index contributed by atoms with van der Waals surface area (Å²) in [7, 11) is 0. The third-order valence-electron chi connectivity index (χ3n) is 4.37. The number of hydrogen-bond donors (Lipinski definition) is 1. The number of anilines is 1. The number of carbonyl (C=O) groups excluding carboxylic acids is 2. The molecule has 1 heterocycles. The molecule has 26 heavy (non-hydrogen) atoms. The van der Waals surface area contributed by atoms with E-state index in [2.05, 4.69) is 5.32 Å². The van der Waals surface area contributed by atoms with Crippen LogP contribution in [0.4, 0.5) is 5.69 Å². The van der Waals surface area contributed by atoms with E-state index in [0.717, 1.165) is 12.0 Å². The van der Waals surface area contributed by atoms with Gasteiger partial charge in [0, 0.05) is 12.1 Å². The molecule has 0 aliphatic carbocycles. The summed E-state index contributed by atoms with van der Waals surface area (Å²) in [5, 5.41) is 3.99. The van der Waals surface area contributed by atoms with Crippen LogP contribution in [0.25, 0.3) is 0 Å². The first-order chi connectivity index (χ1) is 12.4. The van der Waals surface area contributed by atoms with E-state index in [0.29, 0.717) is 39.3 Å². The Labute approximate surface area is 167 Å². The average molecular weight is 412 g/mol. The number of benzene rings is 2. The summed E-state index contributed by atoms with van der Waals surface area (Å²) >= 11 is 18.1. The number of likely N-dealkylation sites (tertiary alicyclic amines) is 1. The van der Waals surface area contributed by atoms with Crippen LogP contribution in [-0.2, 0) is 4.79 Å².